The standard InChI is InChI=1S/C33H57N3O26/c34-36-35-2-1-3-53-29-21(49)16(44)25(10(5-38)55-29)60-31-23(51)18(46)27(12(7-40)57-31)62-33-24(52)19(47)28(13(8-41)58-33)61-32-22(50)17(45)26(11(6-39)56-32)59-30-20(48)15(43)14(42)9(4-37)54-30/h9-33,37-52H,1-8H2/t9-,10-,11-,12-,13-,14-,15+,16-,17-,18-,19-,20+,21+,22+,23+,24+,25-,26-,27-,28-,29-,30+,31+,32+,33+/m1/s1. The summed E-state index contributed by atoms with van der Waals surface area (Å²) in [6.45, 7) is -4.51. The van der Waals surface area contributed by atoms with Gasteiger partial charge in [-0.1, -0.05) is 5.11 Å². The third-order valence-electron chi connectivity index (χ3n) is 11.0. The fraction of sp³-hybridized carbons (Fsp3) is 1.00. The van der Waals surface area contributed by atoms with Gasteiger partial charge >= 0.3 is 0 Å². The first-order valence-corrected chi connectivity index (χ1v) is 19.6. The summed E-state index contributed by atoms with van der Waals surface area (Å²) in [5.74, 6) is 0. The van der Waals surface area contributed by atoms with E-state index in [1.165, 1.54) is 0 Å². The lowest BCUT2D eigenvalue weighted by molar-refractivity contribution is -0.393. The highest BCUT2D eigenvalue weighted by Gasteiger charge is 2.56. The van der Waals surface area contributed by atoms with Crippen molar-refractivity contribution in [2.75, 3.05) is 46.2 Å². The number of hydrogen-bond donors (Lipinski definition) is 16. The first kappa shape index (κ1) is 51.3. The van der Waals surface area contributed by atoms with Crippen LogP contribution in [0.2, 0.25) is 0 Å². The second kappa shape index (κ2) is 23.1. The van der Waals surface area contributed by atoms with E-state index in [9.17, 15) is 81.7 Å². The minimum atomic E-state index is -2.13. The minimum Gasteiger partial charge on any atom is -0.394 e. The Labute approximate surface area is 350 Å². The zero-order valence-corrected chi connectivity index (χ0v) is 32.7. The van der Waals surface area contributed by atoms with Gasteiger partial charge in [0, 0.05) is 18.1 Å². The largest absolute Gasteiger partial charge is 0.394 e. The van der Waals surface area contributed by atoms with E-state index < -0.39 is 187 Å². The van der Waals surface area contributed by atoms with E-state index in [2.05, 4.69) is 10.0 Å². The number of aliphatic hydroxyl groups excluding tert-OH is 16. The van der Waals surface area contributed by atoms with Crippen molar-refractivity contribution in [3.05, 3.63) is 10.4 Å². The molecule has 0 bridgehead atoms. The number of ether oxygens (including phenoxy) is 10. The van der Waals surface area contributed by atoms with Crippen molar-refractivity contribution >= 4 is 0 Å². The number of rotatable bonds is 18. The highest BCUT2D eigenvalue weighted by Crippen LogP contribution is 2.35. The van der Waals surface area contributed by atoms with Gasteiger partial charge in [0.2, 0.25) is 0 Å². The van der Waals surface area contributed by atoms with Gasteiger partial charge in [0.1, 0.15) is 122 Å². The van der Waals surface area contributed by atoms with Crippen LogP contribution in [0.4, 0.5) is 0 Å². The van der Waals surface area contributed by atoms with Gasteiger partial charge in [0.25, 0.3) is 0 Å². The smallest absolute Gasteiger partial charge is 0.187 e. The summed E-state index contributed by atoms with van der Waals surface area (Å²) in [5.41, 5.74) is 8.39. The molecule has 62 heavy (non-hydrogen) atoms. The molecular weight excluding hydrogens is 854 g/mol. The number of aliphatic hydroxyl groups is 16. The normalized spacial score (nSPS) is 49.0. The van der Waals surface area contributed by atoms with Crippen LogP contribution >= 0.6 is 0 Å². The van der Waals surface area contributed by atoms with Gasteiger partial charge in [0.05, 0.1) is 33.0 Å². The van der Waals surface area contributed by atoms with Crippen molar-refractivity contribution < 1.29 is 129 Å². The van der Waals surface area contributed by atoms with Crippen LogP contribution in [0.25, 0.3) is 10.4 Å². The van der Waals surface area contributed by atoms with Gasteiger partial charge in [-0.15, -0.1) is 0 Å². The molecule has 25 atom stereocenters. The molecule has 0 aromatic rings. The van der Waals surface area contributed by atoms with Gasteiger partial charge in [0.15, 0.2) is 31.5 Å². The molecule has 16 N–H and O–H groups in total. The number of hydrogen-bond acceptors (Lipinski definition) is 27. The lowest BCUT2D eigenvalue weighted by atomic mass is 9.95. The van der Waals surface area contributed by atoms with E-state index in [1.807, 2.05) is 0 Å². The summed E-state index contributed by atoms with van der Waals surface area (Å²) in [7, 11) is 0. The summed E-state index contributed by atoms with van der Waals surface area (Å²) in [4.78, 5) is 2.60. The van der Waals surface area contributed by atoms with Crippen LogP contribution in [0.1, 0.15) is 6.42 Å². The number of nitrogens with zero attached hydrogens (tertiary/aromatic N) is 3. The molecule has 5 aliphatic heterocycles. The molecule has 0 aromatic carbocycles. The minimum absolute atomic E-state index is 0.0652. The van der Waals surface area contributed by atoms with E-state index in [0.717, 1.165) is 0 Å². The van der Waals surface area contributed by atoms with E-state index >= 15 is 0 Å². The predicted molar refractivity (Wildman–Crippen MR) is 189 cm³/mol. The molecule has 5 fully saturated rings. The molecule has 0 saturated carbocycles. The fourth-order valence-corrected chi connectivity index (χ4v) is 7.54. The van der Waals surface area contributed by atoms with Crippen LogP contribution in [-0.4, -0.2) is 281 Å². The van der Waals surface area contributed by atoms with Crippen LogP contribution in [0, 0.1) is 0 Å². The van der Waals surface area contributed by atoms with Crippen LogP contribution < -0.4 is 0 Å². The quantitative estimate of drug-likeness (QED) is 0.0263. The van der Waals surface area contributed by atoms with E-state index in [1.54, 1.807) is 0 Å². The highest BCUT2D eigenvalue weighted by atomic mass is 16.8. The first-order valence-electron chi connectivity index (χ1n) is 19.6. The van der Waals surface area contributed by atoms with Gasteiger partial charge < -0.3 is 129 Å². The maximum absolute atomic E-state index is 11.2. The molecule has 5 aliphatic rings. The van der Waals surface area contributed by atoms with Crippen molar-refractivity contribution in [3.8, 4) is 0 Å². The molecule has 5 heterocycles. The molecule has 29 heteroatoms. The summed E-state index contributed by atoms with van der Waals surface area (Å²) in [5, 5.41) is 171. The third-order valence-corrected chi connectivity index (χ3v) is 11.0. The molecule has 360 valence electrons. The lowest BCUT2D eigenvalue weighted by Gasteiger charge is -2.49. The lowest BCUT2D eigenvalue weighted by Crippen LogP contribution is -2.68. The zero-order chi connectivity index (χ0) is 45.6. The average molecular weight is 912 g/mol. The van der Waals surface area contributed by atoms with E-state index in [0.29, 0.717) is 0 Å². The van der Waals surface area contributed by atoms with Gasteiger partial charge in [-0.2, -0.15) is 0 Å². The van der Waals surface area contributed by atoms with Crippen LogP contribution in [-0.2, 0) is 47.4 Å². The Kier molecular flexibility index (Phi) is 19.1. The average Bonchev–Trinajstić information content (AvgIpc) is 3.27. The Hall–Kier alpha value is -1.73. The maximum Gasteiger partial charge on any atom is 0.187 e. The van der Waals surface area contributed by atoms with E-state index in [-0.39, 0.29) is 19.6 Å². The van der Waals surface area contributed by atoms with E-state index in [4.69, 9.17) is 52.9 Å². The molecule has 0 aromatic heterocycles. The molecule has 0 aliphatic carbocycles. The molecular formula is C33H57N3O26. The summed E-state index contributed by atoms with van der Waals surface area (Å²) in [6, 6.07) is 0. The van der Waals surface area contributed by atoms with Gasteiger partial charge in [-0.25, -0.2) is 0 Å². The number of azide groups is 1. The van der Waals surface area contributed by atoms with Gasteiger partial charge in [-0.3, -0.25) is 0 Å². The van der Waals surface area contributed by atoms with Gasteiger partial charge in [-0.05, 0) is 12.0 Å². The SMILES string of the molecule is [N-]=[N+]=NCCCO[C@@H]1O[C@H](CO)[C@@H](O[C@@H]2O[C@H](CO)[C@@H](O[C@@H]3O[C@H](CO)[C@@H](O[C@@H]4O[C@H](CO)[C@@H](O[C@@H]5O[C@H](CO)[C@@H](O)[C@H](O)[C@@H]5O)[C@H](O)[C@@H]4O)[C@H](O)[C@@H]3O)[C@H](O)[C@@H]2O)[C@H](O)[C@@H]1O. The summed E-state index contributed by atoms with van der Waals surface area (Å²) >= 11 is 0. The first-order chi connectivity index (χ1) is 29.6. The predicted octanol–water partition coefficient (Wildman–Crippen LogP) is -10.2. The molecule has 0 unspecified atom stereocenters. The maximum atomic E-state index is 11.2. The van der Waals surface area contributed by atoms with Crippen molar-refractivity contribution in [1.29, 1.82) is 0 Å². The summed E-state index contributed by atoms with van der Waals surface area (Å²) < 4.78 is 55.4. The van der Waals surface area contributed by atoms with Crippen molar-refractivity contribution in [2.45, 2.75) is 160 Å². The highest BCUT2D eigenvalue weighted by molar-refractivity contribution is 4.99. The van der Waals surface area contributed by atoms with Crippen molar-refractivity contribution in [2.24, 2.45) is 5.11 Å². The summed E-state index contributed by atoms with van der Waals surface area (Å²) in [6.07, 6.45) is -45.0. The van der Waals surface area contributed by atoms with Crippen LogP contribution in [0.5, 0.6) is 0 Å². The molecule has 0 radical (unpaired) electrons. The molecule has 5 rings (SSSR count). The Morgan fingerprint density at radius 2 is 0.677 bits per heavy atom. The monoisotopic (exact) mass is 911 g/mol. The zero-order valence-electron chi connectivity index (χ0n) is 32.7. The topological polar surface area (TPSA) is 465 Å². The van der Waals surface area contributed by atoms with Crippen LogP contribution in [0.15, 0.2) is 5.11 Å². The van der Waals surface area contributed by atoms with Crippen molar-refractivity contribution in [1.82, 2.24) is 0 Å². The van der Waals surface area contributed by atoms with Crippen molar-refractivity contribution in [3.63, 3.8) is 0 Å². The molecule has 0 spiro atoms. The Morgan fingerprint density at radius 1 is 0.387 bits per heavy atom. The Bertz CT molecular complexity index is 1400. The Balaban J connectivity index is 1.20. The second-order valence-corrected chi connectivity index (χ2v) is 15.1. The fourth-order valence-electron chi connectivity index (χ4n) is 7.54. The van der Waals surface area contributed by atoms with Crippen LogP contribution in [0.3, 0.4) is 0 Å². The Morgan fingerprint density at radius 3 is 1.00 bits per heavy atom. The molecule has 5 saturated heterocycles. The third kappa shape index (κ3) is 11.1. The molecule has 0 amide bonds. The second-order valence-electron chi connectivity index (χ2n) is 15.1. The molecule has 29 nitrogen and oxygen atoms in total.